The van der Waals surface area contributed by atoms with E-state index in [4.69, 9.17) is 4.74 Å². The van der Waals surface area contributed by atoms with Crippen molar-refractivity contribution in [1.29, 1.82) is 0 Å². The number of aliphatic hydroxyl groups excluding tert-OH is 1. The number of rotatable bonds is 7. The number of nitrogens with one attached hydrogen (secondary N) is 2. The predicted molar refractivity (Wildman–Crippen MR) is 126 cm³/mol. The number of fused-ring (bicyclic) bond motifs is 2. The first kappa shape index (κ1) is 21.8. The number of halogens is 1. The van der Waals surface area contributed by atoms with Crippen LogP contribution < -0.4 is 10.1 Å². The summed E-state index contributed by atoms with van der Waals surface area (Å²) in [5.74, 6) is 1.30. The van der Waals surface area contributed by atoms with Gasteiger partial charge in [0, 0.05) is 24.2 Å². The van der Waals surface area contributed by atoms with Crippen LogP contribution in [0.2, 0.25) is 0 Å². The lowest BCUT2D eigenvalue weighted by molar-refractivity contribution is 0.0948. The van der Waals surface area contributed by atoms with Gasteiger partial charge in [-0.15, -0.1) is 0 Å². The molecule has 0 saturated carbocycles. The van der Waals surface area contributed by atoms with Crippen LogP contribution >= 0.6 is 0 Å². The number of aromatic nitrogens is 3. The highest BCUT2D eigenvalue weighted by molar-refractivity contribution is 5.83. The maximum atomic E-state index is 13.4. The van der Waals surface area contributed by atoms with Crippen LogP contribution in [0.4, 0.5) is 4.39 Å². The second-order valence-electron chi connectivity index (χ2n) is 8.60. The minimum absolute atomic E-state index is 0.265. The predicted octanol–water partition coefficient (Wildman–Crippen LogP) is 3.55. The van der Waals surface area contributed by atoms with Gasteiger partial charge in [0.15, 0.2) is 0 Å². The van der Waals surface area contributed by atoms with Crippen LogP contribution in [0.25, 0.3) is 21.9 Å². The molecule has 1 fully saturated rings. The number of pyridine rings is 1. The van der Waals surface area contributed by atoms with E-state index in [0.717, 1.165) is 65.0 Å². The van der Waals surface area contributed by atoms with Gasteiger partial charge in [-0.05, 0) is 74.0 Å². The van der Waals surface area contributed by atoms with Crippen LogP contribution in [0.5, 0.6) is 5.75 Å². The molecule has 0 aliphatic carbocycles. The van der Waals surface area contributed by atoms with Gasteiger partial charge in [0.25, 0.3) is 0 Å². The van der Waals surface area contributed by atoms with Crippen molar-refractivity contribution in [3.05, 3.63) is 65.9 Å². The molecule has 8 heteroatoms. The van der Waals surface area contributed by atoms with Crippen molar-refractivity contribution in [2.45, 2.75) is 31.5 Å². The Bertz CT molecular complexity index is 1250. The lowest BCUT2D eigenvalue weighted by atomic mass is 10.0. The van der Waals surface area contributed by atoms with Gasteiger partial charge in [-0.2, -0.15) is 0 Å². The molecule has 3 N–H and O–H groups in total. The first-order chi connectivity index (χ1) is 16.1. The van der Waals surface area contributed by atoms with E-state index in [1.807, 2.05) is 24.3 Å². The summed E-state index contributed by atoms with van der Waals surface area (Å²) in [5, 5.41) is 15.5. The summed E-state index contributed by atoms with van der Waals surface area (Å²) in [4.78, 5) is 14.4. The number of ether oxygens (including phenoxy) is 1. The topological polar surface area (TPSA) is 86.3 Å². The molecule has 3 heterocycles. The summed E-state index contributed by atoms with van der Waals surface area (Å²) in [5.41, 5.74) is 3.22. The maximum Gasteiger partial charge on any atom is 0.125 e. The molecule has 5 rings (SSSR count). The molecule has 33 heavy (non-hydrogen) atoms. The van der Waals surface area contributed by atoms with Gasteiger partial charge in [0.05, 0.1) is 36.3 Å². The number of methoxy groups -OCH3 is 1. The fraction of sp³-hybridized carbons (Fsp3) is 0.360. The SMILES string of the molecule is COc1ccc2nccc([C@@H](O)CN3CCC(NCc4nc5ccc(F)cc5[nH]4)CC3)c2c1. The zero-order chi connectivity index (χ0) is 22.8. The first-order valence-corrected chi connectivity index (χ1v) is 11.3. The number of likely N-dealkylation sites (tertiary alicyclic amines) is 1. The third-order valence-electron chi connectivity index (χ3n) is 6.41. The molecule has 0 bridgehead atoms. The molecule has 2 aromatic carbocycles. The minimum atomic E-state index is -0.594. The quantitative estimate of drug-likeness (QED) is 0.400. The Morgan fingerprint density at radius 1 is 1.18 bits per heavy atom. The number of hydrogen-bond donors (Lipinski definition) is 3. The molecule has 7 nitrogen and oxygen atoms in total. The molecular formula is C25H28FN5O2. The first-order valence-electron chi connectivity index (χ1n) is 11.3. The van der Waals surface area contributed by atoms with Crippen molar-refractivity contribution in [2.75, 3.05) is 26.7 Å². The number of hydrogen-bond acceptors (Lipinski definition) is 6. The summed E-state index contributed by atoms with van der Waals surface area (Å²) < 4.78 is 18.7. The number of β-amino-alcohol motifs (C(OH)–C–C–N with tert-alkyl or cyclic N) is 1. The number of aliphatic hydroxyl groups is 1. The van der Waals surface area contributed by atoms with Gasteiger partial charge in [-0.3, -0.25) is 4.98 Å². The highest BCUT2D eigenvalue weighted by atomic mass is 19.1. The van der Waals surface area contributed by atoms with Gasteiger partial charge >= 0.3 is 0 Å². The summed E-state index contributed by atoms with van der Waals surface area (Å²) in [6, 6.07) is 12.6. The zero-order valence-electron chi connectivity index (χ0n) is 18.6. The van der Waals surface area contributed by atoms with E-state index in [2.05, 4.69) is 25.2 Å². The van der Waals surface area contributed by atoms with E-state index in [1.165, 1.54) is 12.1 Å². The Labute approximate surface area is 191 Å². The second-order valence-corrected chi connectivity index (χ2v) is 8.60. The van der Waals surface area contributed by atoms with E-state index in [-0.39, 0.29) is 5.82 Å². The number of nitrogens with zero attached hydrogens (tertiary/aromatic N) is 3. The molecule has 0 unspecified atom stereocenters. The lowest BCUT2D eigenvalue weighted by Crippen LogP contribution is -2.43. The standard InChI is InChI=1S/C25H28FN5O2/c1-33-18-3-5-21-20(13-18)19(6-9-27-21)24(32)15-31-10-7-17(8-11-31)28-14-25-29-22-4-2-16(26)12-23(22)30-25/h2-6,9,12-13,17,24,28,32H,7-8,10-11,14-15H2,1H3,(H,29,30)/t24-/m0/s1. The van der Waals surface area contributed by atoms with Crippen molar-refractivity contribution in [1.82, 2.24) is 25.2 Å². The molecule has 172 valence electrons. The van der Waals surface area contributed by atoms with Gasteiger partial charge in [-0.1, -0.05) is 0 Å². The van der Waals surface area contributed by atoms with Crippen molar-refractivity contribution < 1.29 is 14.2 Å². The second kappa shape index (κ2) is 9.43. The van der Waals surface area contributed by atoms with E-state index < -0.39 is 6.10 Å². The Kier molecular flexibility index (Phi) is 6.22. The summed E-state index contributed by atoms with van der Waals surface area (Å²) in [6.45, 7) is 3.02. The van der Waals surface area contributed by atoms with Crippen LogP contribution in [-0.4, -0.2) is 57.7 Å². The number of imidazole rings is 1. The summed E-state index contributed by atoms with van der Waals surface area (Å²) in [7, 11) is 1.64. The molecule has 1 aliphatic heterocycles. The fourth-order valence-electron chi connectivity index (χ4n) is 4.59. The van der Waals surface area contributed by atoms with Crippen LogP contribution in [0.3, 0.4) is 0 Å². The van der Waals surface area contributed by atoms with E-state index in [0.29, 0.717) is 19.1 Å². The molecule has 2 aromatic heterocycles. The fourth-order valence-corrected chi connectivity index (χ4v) is 4.59. The molecule has 0 spiro atoms. The minimum Gasteiger partial charge on any atom is -0.497 e. The average Bonchev–Trinajstić information content (AvgIpc) is 3.24. The van der Waals surface area contributed by atoms with Gasteiger partial charge < -0.3 is 25.0 Å². The summed E-state index contributed by atoms with van der Waals surface area (Å²) in [6.07, 6.45) is 3.14. The van der Waals surface area contributed by atoms with E-state index in [9.17, 15) is 9.50 Å². The third-order valence-corrected chi connectivity index (χ3v) is 6.41. The van der Waals surface area contributed by atoms with Gasteiger partial charge in [-0.25, -0.2) is 9.37 Å². The smallest absolute Gasteiger partial charge is 0.125 e. The van der Waals surface area contributed by atoms with Gasteiger partial charge in [0.1, 0.15) is 17.4 Å². The molecular weight excluding hydrogens is 421 g/mol. The number of H-pyrrole nitrogens is 1. The van der Waals surface area contributed by atoms with Gasteiger partial charge in [0.2, 0.25) is 0 Å². The Balaban J connectivity index is 1.15. The molecule has 1 aliphatic rings. The highest BCUT2D eigenvalue weighted by Gasteiger charge is 2.22. The van der Waals surface area contributed by atoms with Crippen molar-refractivity contribution in [2.24, 2.45) is 0 Å². The highest BCUT2D eigenvalue weighted by Crippen LogP contribution is 2.27. The Morgan fingerprint density at radius 3 is 2.82 bits per heavy atom. The largest absolute Gasteiger partial charge is 0.497 e. The Morgan fingerprint density at radius 2 is 2.00 bits per heavy atom. The van der Waals surface area contributed by atoms with Crippen molar-refractivity contribution >= 4 is 21.9 Å². The van der Waals surface area contributed by atoms with E-state index >= 15 is 0 Å². The summed E-state index contributed by atoms with van der Waals surface area (Å²) >= 11 is 0. The molecule has 0 amide bonds. The van der Waals surface area contributed by atoms with Crippen molar-refractivity contribution in [3.63, 3.8) is 0 Å². The van der Waals surface area contributed by atoms with Crippen molar-refractivity contribution in [3.8, 4) is 5.75 Å². The normalized spacial score (nSPS) is 16.5. The van der Waals surface area contributed by atoms with Crippen LogP contribution in [0, 0.1) is 5.82 Å². The molecule has 4 aromatic rings. The lowest BCUT2D eigenvalue weighted by Gasteiger charge is -2.33. The average molecular weight is 450 g/mol. The van der Waals surface area contributed by atoms with Crippen LogP contribution in [0.1, 0.15) is 30.3 Å². The molecule has 1 saturated heterocycles. The number of aromatic amines is 1. The zero-order valence-corrected chi connectivity index (χ0v) is 18.6. The molecule has 1 atom stereocenters. The third kappa shape index (κ3) is 4.83. The molecule has 0 radical (unpaired) electrons. The van der Waals surface area contributed by atoms with Crippen LogP contribution in [0.15, 0.2) is 48.7 Å². The monoisotopic (exact) mass is 449 g/mol. The number of benzene rings is 2. The maximum absolute atomic E-state index is 13.4. The van der Waals surface area contributed by atoms with Crippen LogP contribution in [-0.2, 0) is 6.54 Å². The Hall–Kier alpha value is -3.07. The number of piperidine rings is 1. The van der Waals surface area contributed by atoms with E-state index in [1.54, 1.807) is 19.4 Å².